The number of nitrogens with zero attached hydrogens (tertiary/aromatic N) is 1. The number of amides is 8. The number of guanidine groups is 1. The summed E-state index contributed by atoms with van der Waals surface area (Å²) in [5, 5.41) is 38.2. The van der Waals surface area contributed by atoms with Gasteiger partial charge in [0.1, 0.15) is 29.9 Å². The lowest BCUT2D eigenvalue weighted by atomic mass is 10.0. The summed E-state index contributed by atoms with van der Waals surface area (Å²) in [5.41, 5.74) is 21.7. The van der Waals surface area contributed by atoms with Crippen LogP contribution in [0.3, 0.4) is 0 Å². The Morgan fingerprint density at radius 1 is 0.979 bits per heavy atom. The molecule has 2 rings (SSSR count). The van der Waals surface area contributed by atoms with Crippen molar-refractivity contribution in [1.29, 1.82) is 0 Å². The first kappa shape index (κ1) is 38.1. The minimum absolute atomic E-state index is 0.0398. The zero-order valence-corrected chi connectivity index (χ0v) is 25.4. The third kappa shape index (κ3) is 12.3. The quantitative estimate of drug-likeness (QED) is 0.0962. The molecule has 6 atom stereocenters. The van der Waals surface area contributed by atoms with Crippen molar-refractivity contribution in [1.82, 2.24) is 42.5 Å². The van der Waals surface area contributed by atoms with E-state index in [2.05, 4.69) is 42.2 Å². The van der Waals surface area contributed by atoms with Gasteiger partial charge in [0.25, 0.3) is 5.91 Å². The smallest absolute Gasteiger partial charge is 0.316 e. The second-order valence-electron chi connectivity index (χ2n) is 10.6. The number of primary amides is 1. The molecule has 0 aromatic heterocycles. The number of hydrogen-bond donors (Lipinski definition) is 14. The lowest BCUT2D eigenvalue weighted by Gasteiger charge is -2.31. The first-order chi connectivity index (χ1) is 22.3. The van der Waals surface area contributed by atoms with Gasteiger partial charge in [-0.1, -0.05) is 0 Å². The summed E-state index contributed by atoms with van der Waals surface area (Å²) in [6.45, 7) is -2.06. The van der Waals surface area contributed by atoms with Crippen LogP contribution in [-0.2, 0) is 28.8 Å². The van der Waals surface area contributed by atoms with E-state index < -0.39 is 103 Å². The van der Waals surface area contributed by atoms with Gasteiger partial charge in [0.15, 0.2) is 5.96 Å². The van der Waals surface area contributed by atoms with E-state index >= 15 is 0 Å². The number of nitrogens with two attached hydrogens (primary N) is 4. The van der Waals surface area contributed by atoms with Crippen molar-refractivity contribution in [2.45, 2.75) is 61.9 Å². The summed E-state index contributed by atoms with van der Waals surface area (Å²) in [5.74, 6) is -6.06. The van der Waals surface area contributed by atoms with E-state index in [9.17, 15) is 43.8 Å². The highest BCUT2D eigenvalue weighted by Gasteiger charge is 2.35. The predicted molar refractivity (Wildman–Crippen MR) is 163 cm³/mol. The molecule has 2 aliphatic heterocycles. The highest BCUT2D eigenvalue weighted by molar-refractivity contribution is 6.02. The van der Waals surface area contributed by atoms with Gasteiger partial charge >= 0.3 is 6.03 Å². The highest BCUT2D eigenvalue weighted by Crippen LogP contribution is 2.07. The van der Waals surface area contributed by atoms with Crippen molar-refractivity contribution in [3.8, 4) is 0 Å². The van der Waals surface area contributed by atoms with Crippen molar-refractivity contribution in [2.24, 2.45) is 27.9 Å². The lowest BCUT2D eigenvalue weighted by molar-refractivity contribution is -0.135. The van der Waals surface area contributed by atoms with E-state index in [1.54, 1.807) is 0 Å². The van der Waals surface area contributed by atoms with Gasteiger partial charge in [0.2, 0.25) is 29.5 Å². The molecule has 47 heavy (non-hydrogen) atoms. The average Bonchev–Trinajstić information content (AvgIpc) is 3.02. The number of rotatable bonds is 10. The minimum Gasteiger partial charge on any atom is -0.394 e. The van der Waals surface area contributed by atoms with Crippen molar-refractivity contribution < 1.29 is 43.8 Å². The van der Waals surface area contributed by atoms with Crippen LogP contribution in [-0.4, -0.2) is 127 Å². The molecule has 0 aliphatic carbocycles. The second-order valence-corrected chi connectivity index (χ2v) is 10.6. The van der Waals surface area contributed by atoms with E-state index in [1.807, 2.05) is 5.32 Å². The van der Waals surface area contributed by atoms with E-state index in [-0.39, 0.29) is 25.3 Å². The van der Waals surface area contributed by atoms with Crippen molar-refractivity contribution >= 4 is 47.4 Å². The average molecular weight is 670 g/mol. The maximum atomic E-state index is 13.5. The normalized spacial score (nSPS) is 26.3. The third-order valence-electron chi connectivity index (χ3n) is 6.88. The van der Waals surface area contributed by atoms with Gasteiger partial charge < -0.3 is 75.7 Å². The molecule has 2 heterocycles. The maximum absolute atomic E-state index is 13.5. The fraction of sp³-hybridized carbons (Fsp3) is 0.600. The summed E-state index contributed by atoms with van der Waals surface area (Å²) in [7, 11) is 0. The zero-order valence-electron chi connectivity index (χ0n) is 25.4. The first-order valence-corrected chi connectivity index (χ1v) is 14.6. The molecule has 0 aromatic rings. The number of hydrogen-bond acceptors (Lipinski definition) is 14. The molecule has 22 nitrogen and oxygen atoms in total. The minimum atomic E-state index is -1.74. The fourth-order valence-corrected chi connectivity index (χ4v) is 4.40. The monoisotopic (exact) mass is 669 g/mol. The Bertz CT molecular complexity index is 1240. The molecule has 18 N–H and O–H groups in total. The Kier molecular flexibility index (Phi) is 15.2. The fourth-order valence-electron chi connectivity index (χ4n) is 4.40. The number of aliphatic imine (C=N–C) groups is 1. The Labute approximate surface area is 268 Å². The van der Waals surface area contributed by atoms with Crippen LogP contribution in [0.2, 0.25) is 0 Å². The molecular weight excluding hydrogens is 626 g/mol. The van der Waals surface area contributed by atoms with Gasteiger partial charge in [0, 0.05) is 31.8 Å². The Balaban J connectivity index is 2.51. The first-order valence-electron chi connectivity index (χ1n) is 14.6. The van der Waals surface area contributed by atoms with Crippen LogP contribution in [0.5, 0.6) is 0 Å². The molecule has 0 bridgehead atoms. The van der Waals surface area contributed by atoms with Crippen LogP contribution in [0.4, 0.5) is 4.79 Å². The van der Waals surface area contributed by atoms with Gasteiger partial charge in [-0.15, -0.1) is 0 Å². The lowest BCUT2D eigenvalue weighted by Crippen LogP contribution is -2.64. The number of aliphatic hydroxyl groups excluding tert-OH is 2. The van der Waals surface area contributed by atoms with Crippen LogP contribution >= 0.6 is 0 Å². The van der Waals surface area contributed by atoms with Crippen molar-refractivity contribution in [3.05, 3.63) is 11.9 Å². The van der Waals surface area contributed by atoms with E-state index in [0.29, 0.717) is 25.6 Å². The van der Waals surface area contributed by atoms with E-state index in [0.717, 1.165) is 0 Å². The van der Waals surface area contributed by atoms with Crippen LogP contribution < -0.4 is 65.5 Å². The number of urea groups is 1. The zero-order chi connectivity index (χ0) is 35.1. The molecular formula is C25H43N13O9. The molecule has 0 saturated carbocycles. The van der Waals surface area contributed by atoms with E-state index in [4.69, 9.17) is 22.9 Å². The summed E-state index contributed by atoms with van der Waals surface area (Å²) in [4.78, 5) is 94.2. The molecule has 1 fully saturated rings. The molecule has 262 valence electrons. The van der Waals surface area contributed by atoms with E-state index in [1.165, 1.54) is 0 Å². The van der Waals surface area contributed by atoms with Crippen LogP contribution in [0.25, 0.3) is 0 Å². The van der Waals surface area contributed by atoms with Gasteiger partial charge in [0.05, 0.1) is 19.3 Å². The summed E-state index contributed by atoms with van der Waals surface area (Å²) < 4.78 is 0. The highest BCUT2D eigenvalue weighted by atomic mass is 16.3. The molecule has 8 amide bonds. The van der Waals surface area contributed by atoms with Crippen LogP contribution in [0.1, 0.15) is 25.7 Å². The van der Waals surface area contributed by atoms with Crippen molar-refractivity contribution in [3.63, 3.8) is 0 Å². The number of nitrogens with one attached hydrogen (secondary N) is 8. The number of carbonyl (C=O) groups is 7. The Hall–Kier alpha value is -5.06. The molecule has 0 aromatic carbocycles. The molecule has 0 spiro atoms. The van der Waals surface area contributed by atoms with Crippen LogP contribution in [0, 0.1) is 0 Å². The van der Waals surface area contributed by atoms with Gasteiger partial charge in [-0.05, 0) is 25.8 Å². The van der Waals surface area contributed by atoms with Gasteiger partial charge in [-0.3, -0.25) is 33.8 Å². The molecule has 2 aliphatic rings. The molecule has 0 radical (unpaired) electrons. The van der Waals surface area contributed by atoms with Gasteiger partial charge in [-0.25, -0.2) is 4.79 Å². The predicted octanol–water partition coefficient (Wildman–Crippen LogP) is -8.20. The largest absolute Gasteiger partial charge is 0.394 e. The number of carbonyl (C=O) groups excluding carboxylic acids is 7. The molecule has 0 unspecified atom stereocenters. The summed E-state index contributed by atoms with van der Waals surface area (Å²) in [6, 6.07) is -9.03. The Morgan fingerprint density at radius 2 is 1.64 bits per heavy atom. The second kappa shape index (κ2) is 18.8. The standard InChI is InChI=1S/C25H43N13O9/c26-4-1-2-11(27)6-17(41)33-13-7-31-23(46)18(12-3-5-30-24(28)37-12)38-20(43)14(8-32-25(29)47)34-21(44)15(9-39)36-22(45)16(10-40)35-19(13)42/h8,11-13,15-16,18,39-40H,1-7,9-10,26-27H2,(H,31,46)(H,33,41)(H,34,44)(H,35,42)(H,36,45)(H,38,43)(H3,28,30,37)(H3,29,32,47)/b14-8-/t11-,12+,13-,15-,16-,18-/m0/s1. The Morgan fingerprint density at radius 3 is 2.26 bits per heavy atom. The van der Waals surface area contributed by atoms with Gasteiger partial charge in [-0.2, -0.15) is 0 Å². The molecule has 22 heteroatoms. The summed E-state index contributed by atoms with van der Waals surface area (Å²) >= 11 is 0. The maximum Gasteiger partial charge on any atom is 0.316 e. The van der Waals surface area contributed by atoms with Crippen molar-refractivity contribution in [2.75, 3.05) is 32.8 Å². The summed E-state index contributed by atoms with van der Waals surface area (Å²) in [6.07, 6.45) is 1.64. The van der Waals surface area contributed by atoms with Crippen LogP contribution in [0.15, 0.2) is 16.9 Å². The third-order valence-corrected chi connectivity index (χ3v) is 6.88. The molecule has 1 saturated heterocycles. The SMILES string of the molecule is NCCC[C@H](N)CC(=O)N[C@H]1CNC(=O)[C@H]([C@H]2CCN=C(N)N2)NC(=O)/C(=C/NC(N)=O)NC(=O)[C@H](CO)NC(=O)[C@H](CO)NC1=O. The topological polar surface area (TPSA) is 373 Å². The number of aliphatic hydroxyl groups is 2.